The molecule has 0 amide bonds. The van der Waals surface area contributed by atoms with E-state index in [1.54, 1.807) is 55.5 Å². The summed E-state index contributed by atoms with van der Waals surface area (Å²) in [6.07, 6.45) is 0. The Balaban J connectivity index is 2.20. The molecule has 4 heteroatoms. The highest BCUT2D eigenvalue weighted by Crippen LogP contribution is 2.18. The Bertz CT molecular complexity index is 573. The normalized spacial score (nSPS) is 10.6. The fourth-order valence-electron chi connectivity index (χ4n) is 1.85. The summed E-state index contributed by atoms with van der Waals surface area (Å²) in [6, 6.07) is 14.1. The molecule has 0 saturated carbocycles. The van der Waals surface area contributed by atoms with Gasteiger partial charge in [-0.25, -0.2) is 0 Å². The van der Waals surface area contributed by atoms with Gasteiger partial charge in [0.15, 0.2) is 11.6 Å². The summed E-state index contributed by atoms with van der Waals surface area (Å²) in [4.78, 5) is 24.6. The minimum atomic E-state index is -0.683. The van der Waals surface area contributed by atoms with Gasteiger partial charge in [-0.05, 0) is 31.2 Å². The van der Waals surface area contributed by atoms with Crippen molar-refractivity contribution in [3.8, 4) is 0 Å². The summed E-state index contributed by atoms with van der Waals surface area (Å²) in [6.45, 7) is 1.65. The van der Waals surface area contributed by atoms with E-state index in [2.05, 4.69) is 31.9 Å². The van der Waals surface area contributed by atoms with Crippen LogP contribution in [0.1, 0.15) is 27.6 Å². The first kappa shape index (κ1) is 15.1. The van der Waals surface area contributed by atoms with E-state index in [0.29, 0.717) is 11.1 Å². The molecule has 0 bridgehead atoms. The second kappa shape index (κ2) is 6.46. The molecule has 102 valence electrons. The molecule has 0 aromatic heterocycles. The van der Waals surface area contributed by atoms with Crippen molar-refractivity contribution in [2.45, 2.75) is 6.92 Å². The first-order chi connectivity index (χ1) is 9.49. The lowest BCUT2D eigenvalue weighted by molar-refractivity contribution is 0.0821. The lowest BCUT2D eigenvalue weighted by Crippen LogP contribution is -2.21. The molecule has 0 unspecified atom stereocenters. The standard InChI is InChI=1S/C16H12Br2O2/c1-10(15(19)11-2-6-13(17)7-3-11)16(20)12-4-8-14(18)9-5-12/h2-10H,1H3. The molecule has 0 fully saturated rings. The summed E-state index contributed by atoms with van der Waals surface area (Å²) in [5.74, 6) is -1.01. The SMILES string of the molecule is CC(C(=O)c1ccc(Br)cc1)C(=O)c1ccc(Br)cc1. The molecule has 2 nitrogen and oxygen atoms in total. The van der Waals surface area contributed by atoms with E-state index in [-0.39, 0.29) is 11.6 Å². The van der Waals surface area contributed by atoms with Crippen molar-refractivity contribution in [2.75, 3.05) is 0 Å². The van der Waals surface area contributed by atoms with Crippen LogP contribution in [0.4, 0.5) is 0 Å². The van der Waals surface area contributed by atoms with Gasteiger partial charge in [-0.1, -0.05) is 56.1 Å². The average molecular weight is 396 g/mol. The molecule has 0 saturated heterocycles. The van der Waals surface area contributed by atoms with Crippen molar-refractivity contribution in [3.05, 3.63) is 68.6 Å². The van der Waals surface area contributed by atoms with Gasteiger partial charge in [0, 0.05) is 20.1 Å². The lowest BCUT2D eigenvalue weighted by atomic mass is 9.92. The number of Topliss-reactive ketones (excluding diaryl/α,β-unsaturated/α-hetero) is 2. The van der Waals surface area contributed by atoms with Crippen LogP contribution in [0.2, 0.25) is 0 Å². The van der Waals surface area contributed by atoms with Crippen molar-refractivity contribution < 1.29 is 9.59 Å². The van der Waals surface area contributed by atoms with Crippen LogP contribution in [0.15, 0.2) is 57.5 Å². The second-order valence-electron chi connectivity index (χ2n) is 4.46. The molecule has 0 aliphatic heterocycles. The van der Waals surface area contributed by atoms with Gasteiger partial charge in [0.1, 0.15) is 0 Å². The van der Waals surface area contributed by atoms with E-state index >= 15 is 0 Å². The smallest absolute Gasteiger partial charge is 0.173 e. The van der Waals surface area contributed by atoms with Gasteiger partial charge in [-0.15, -0.1) is 0 Å². The highest BCUT2D eigenvalue weighted by Gasteiger charge is 2.23. The molecule has 0 heterocycles. The van der Waals surface area contributed by atoms with Crippen LogP contribution in [0.25, 0.3) is 0 Å². The first-order valence-electron chi connectivity index (χ1n) is 6.08. The van der Waals surface area contributed by atoms with Gasteiger partial charge in [0.2, 0.25) is 0 Å². The molecule has 0 N–H and O–H groups in total. The molecule has 0 spiro atoms. The van der Waals surface area contributed by atoms with E-state index in [1.165, 1.54) is 0 Å². The van der Waals surface area contributed by atoms with Crippen molar-refractivity contribution in [1.29, 1.82) is 0 Å². The van der Waals surface area contributed by atoms with Crippen LogP contribution in [0, 0.1) is 5.92 Å². The molecule has 2 aromatic rings. The van der Waals surface area contributed by atoms with E-state index in [4.69, 9.17) is 0 Å². The summed E-state index contributed by atoms with van der Waals surface area (Å²) in [7, 11) is 0. The van der Waals surface area contributed by atoms with Crippen LogP contribution < -0.4 is 0 Å². The molecule has 20 heavy (non-hydrogen) atoms. The molecular formula is C16H12Br2O2. The Morgan fingerprint density at radius 2 is 1.05 bits per heavy atom. The monoisotopic (exact) mass is 394 g/mol. The van der Waals surface area contributed by atoms with Crippen LogP contribution in [-0.4, -0.2) is 11.6 Å². The minimum Gasteiger partial charge on any atom is -0.293 e. The highest BCUT2D eigenvalue weighted by molar-refractivity contribution is 9.10. The zero-order chi connectivity index (χ0) is 14.7. The maximum Gasteiger partial charge on any atom is 0.173 e. The lowest BCUT2D eigenvalue weighted by Gasteiger charge is -2.10. The number of hydrogen-bond acceptors (Lipinski definition) is 2. The molecule has 2 aromatic carbocycles. The second-order valence-corrected chi connectivity index (χ2v) is 6.30. The Labute approximate surface area is 134 Å². The quantitative estimate of drug-likeness (QED) is 0.544. The first-order valence-corrected chi connectivity index (χ1v) is 7.67. The summed E-state index contributed by atoms with van der Waals surface area (Å²) >= 11 is 6.64. The Kier molecular flexibility index (Phi) is 4.89. The largest absolute Gasteiger partial charge is 0.293 e. The topological polar surface area (TPSA) is 34.1 Å². The van der Waals surface area contributed by atoms with Crippen LogP contribution in [0.3, 0.4) is 0 Å². The molecule has 0 aliphatic carbocycles. The van der Waals surface area contributed by atoms with Crippen LogP contribution in [-0.2, 0) is 0 Å². The van der Waals surface area contributed by atoms with E-state index in [1.807, 2.05) is 0 Å². The molecule has 2 rings (SSSR count). The summed E-state index contributed by atoms with van der Waals surface area (Å²) < 4.78 is 1.81. The van der Waals surface area contributed by atoms with Crippen molar-refractivity contribution in [2.24, 2.45) is 5.92 Å². The maximum absolute atomic E-state index is 12.3. The van der Waals surface area contributed by atoms with Crippen LogP contribution >= 0.6 is 31.9 Å². The van der Waals surface area contributed by atoms with E-state index in [0.717, 1.165) is 8.95 Å². The van der Waals surface area contributed by atoms with Crippen molar-refractivity contribution >= 4 is 43.4 Å². The number of carbonyl (C=O) groups excluding carboxylic acids is 2. The number of benzene rings is 2. The van der Waals surface area contributed by atoms with Crippen LogP contribution in [0.5, 0.6) is 0 Å². The van der Waals surface area contributed by atoms with E-state index in [9.17, 15) is 9.59 Å². The number of halogens is 2. The van der Waals surface area contributed by atoms with Gasteiger partial charge in [0.25, 0.3) is 0 Å². The molecule has 0 radical (unpaired) electrons. The van der Waals surface area contributed by atoms with Gasteiger partial charge < -0.3 is 0 Å². The highest BCUT2D eigenvalue weighted by atomic mass is 79.9. The number of carbonyl (C=O) groups is 2. The van der Waals surface area contributed by atoms with Crippen molar-refractivity contribution in [3.63, 3.8) is 0 Å². The fraction of sp³-hybridized carbons (Fsp3) is 0.125. The zero-order valence-corrected chi connectivity index (χ0v) is 13.9. The average Bonchev–Trinajstić information content (AvgIpc) is 2.46. The molecule has 0 aliphatic rings. The predicted octanol–water partition coefficient (Wildman–Crippen LogP) is 4.91. The number of ketones is 2. The number of hydrogen-bond donors (Lipinski definition) is 0. The van der Waals surface area contributed by atoms with Gasteiger partial charge in [-0.2, -0.15) is 0 Å². The van der Waals surface area contributed by atoms with Gasteiger partial charge >= 0.3 is 0 Å². The number of rotatable bonds is 4. The third-order valence-corrected chi connectivity index (χ3v) is 4.10. The third-order valence-electron chi connectivity index (χ3n) is 3.04. The Morgan fingerprint density at radius 1 is 0.750 bits per heavy atom. The fourth-order valence-corrected chi connectivity index (χ4v) is 2.38. The summed E-state index contributed by atoms with van der Waals surface area (Å²) in [5.41, 5.74) is 1.09. The minimum absolute atomic E-state index is 0.162. The third kappa shape index (κ3) is 3.44. The summed E-state index contributed by atoms with van der Waals surface area (Å²) in [5, 5.41) is 0. The maximum atomic E-state index is 12.3. The molecule has 0 atom stereocenters. The molecular weight excluding hydrogens is 384 g/mol. The Hall–Kier alpha value is -1.26. The van der Waals surface area contributed by atoms with Gasteiger partial charge in [0.05, 0.1) is 5.92 Å². The predicted molar refractivity (Wildman–Crippen MR) is 86.1 cm³/mol. The zero-order valence-electron chi connectivity index (χ0n) is 10.8. The van der Waals surface area contributed by atoms with Gasteiger partial charge in [-0.3, -0.25) is 9.59 Å². The van der Waals surface area contributed by atoms with E-state index < -0.39 is 5.92 Å². The Morgan fingerprint density at radius 3 is 1.35 bits per heavy atom. The van der Waals surface area contributed by atoms with Crippen molar-refractivity contribution in [1.82, 2.24) is 0 Å².